The molecule has 0 saturated carbocycles. The molecule has 0 bridgehead atoms. The lowest BCUT2D eigenvalue weighted by Gasteiger charge is -2.25. The van der Waals surface area contributed by atoms with Gasteiger partial charge in [0.05, 0.1) is 0 Å². The van der Waals surface area contributed by atoms with Gasteiger partial charge in [0.1, 0.15) is 0 Å². The first-order chi connectivity index (χ1) is 6.83. The Balaban J connectivity index is 4.21. The summed E-state index contributed by atoms with van der Waals surface area (Å²) in [4.78, 5) is 22.6. The van der Waals surface area contributed by atoms with Crippen molar-refractivity contribution in [3.05, 3.63) is 0 Å². The van der Waals surface area contributed by atoms with Crippen LogP contribution in [0.4, 0.5) is 0 Å². The van der Waals surface area contributed by atoms with Gasteiger partial charge in [0.15, 0.2) is 0 Å². The molecule has 0 radical (unpaired) electrons. The molecule has 2 N–H and O–H groups in total. The standard InChI is InChI=1S/C11H22N2O2/c1-8(6-9(14)12-4)7-11(2,3)10(15)13-5/h8H,6-7H2,1-5H3,(H,12,14)(H,13,15). The molecule has 0 rings (SSSR count). The highest BCUT2D eigenvalue weighted by Crippen LogP contribution is 2.27. The summed E-state index contributed by atoms with van der Waals surface area (Å²) in [6.07, 6.45) is 1.18. The molecule has 4 heteroatoms. The van der Waals surface area contributed by atoms with Gasteiger partial charge in [0, 0.05) is 25.9 Å². The second kappa shape index (κ2) is 5.73. The molecule has 0 saturated heterocycles. The summed E-state index contributed by atoms with van der Waals surface area (Å²) in [6, 6.07) is 0. The van der Waals surface area contributed by atoms with E-state index in [0.29, 0.717) is 12.8 Å². The van der Waals surface area contributed by atoms with Gasteiger partial charge in [0.2, 0.25) is 11.8 Å². The van der Waals surface area contributed by atoms with E-state index >= 15 is 0 Å². The van der Waals surface area contributed by atoms with Crippen molar-refractivity contribution < 1.29 is 9.59 Å². The number of carbonyl (C=O) groups excluding carboxylic acids is 2. The molecule has 0 spiro atoms. The van der Waals surface area contributed by atoms with E-state index in [9.17, 15) is 9.59 Å². The second-order valence-corrected chi connectivity index (χ2v) is 4.65. The Hall–Kier alpha value is -1.06. The molecule has 88 valence electrons. The number of rotatable bonds is 5. The lowest BCUT2D eigenvalue weighted by molar-refractivity contribution is -0.130. The van der Waals surface area contributed by atoms with Gasteiger partial charge in [0.25, 0.3) is 0 Å². The summed E-state index contributed by atoms with van der Waals surface area (Å²) in [5.41, 5.74) is -0.414. The summed E-state index contributed by atoms with van der Waals surface area (Å²) in [5, 5.41) is 5.22. The highest BCUT2D eigenvalue weighted by Gasteiger charge is 2.29. The van der Waals surface area contributed by atoms with Crippen LogP contribution in [0.3, 0.4) is 0 Å². The van der Waals surface area contributed by atoms with Crippen molar-refractivity contribution in [1.29, 1.82) is 0 Å². The Morgan fingerprint density at radius 1 is 1.20 bits per heavy atom. The molecule has 2 amide bonds. The molecule has 1 unspecified atom stereocenters. The summed E-state index contributed by atoms with van der Waals surface area (Å²) in [6.45, 7) is 5.78. The Morgan fingerprint density at radius 2 is 1.73 bits per heavy atom. The molecule has 0 aliphatic heterocycles. The SMILES string of the molecule is CNC(=O)CC(C)CC(C)(C)C(=O)NC. The minimum absolute atomic E-state index is 0.0197. The Labute approximate surface area is 91.8 Å². The molecule has 0 aromatic rings. The van der Waals surface area contributed by atoms with Gasteiger partial charge in [-0.15, -0.1) is 0 Å². The van der Waals surface area contributed by atoms with Gasteiger partial charge in [-0.1, -0.05) is 20.8 Å². The molecule has 0 aromatic carbocycles. The van der Waals surface area contributed by atoms with E-state index in [1.807, 2.05) is 20.8 Å². The van der Waals surface area contributed by atoms with Crippen LogP contribution < -0.4 is 10.6 Å². The number of hydrogen-bond donors (Lipinski definition) is 2. The average Bonchev–Trinajstić information content (AvgIpc) is 2.15. The zero-order chi connectivity index (χ0) is 12.1. The fourth-order valence-corrected chi connectivity index (χ4v) is 1.79. The highest BCUT2D eigenvalue weighted by atomic mass is 16.2. The zero-order valence-electron chi connectivity index (χ0n) is 10.3. The zero-order valence-corrected chi connectivity index (χ0v) is 10.3. The van der Waals surface area contributed by atoms with Gasteiger partial charge in [-0.05, 0) is 12.3 Å². The summed E-state index contributed by atoms with van der Waals surface area (Å²) in [7, 11) is 3.26. The highest BCUT2D eigenvalue weighted by molar-refractivity contribution is 5.81. The fourth-order valence-electron chi connectivity index (χ4n) is 1.79. The predicted molar refractivity (Wildman–Crippen MR) is 60.3 cm³/mol. The van der Waals surface area contributed by atoms with Gasteiger partial charge in [-0.3, -0.25) is 9.59 Å². The van der Waals surface area contributed by atoms with E-state index in [1.54, 1.807) is 14.1 Å². The van der Waals surface area contributed by atoms with E-state index in [4.69, 9.17) is 0 Å². The average molecular weight is 214 g/mol. The number of hydrogen-bond acceptors (Lipinski definition) is 2. The molecular weight excluding hydrogens is 192 g/mol. The van der Waals surface area contributed by atoms with Crippen LogP contribution in [0.2, 0.25) is 0 Å². The van der Waals surface area contributed by atoms with Crippen LogP contribution in [0.15, 0.2) is 0 Å². The van der Waals surface area contributed by atoms with E-state index in [2.05, 4.69) is 10.6 Å². The number of nitrogens with one attached hydrogen (secondary N) is 2. The molecule has 0 aliphatic rings. The van der Waals surface area contributed by atoms with E-state index in [-0.39, 0.29) is 17.7 Å². The topological polar surface area (TPSA) is 58.2 Å². The fraction of sp³-hybridized carbons (Fsp3) is 0.818. The van der Waals surface area contributed by atoms with Crippen LogP contribution in [0.25, 0.3) is 0 Å². The molecule has 0 aliphatic carbocycles. The van der Waals surface area contributed by atoms with Crippen molar-refractivity contribution in [1.82, 2.24) is 10.6 Å². The van der Waals surface area contributed by atoms with Crippen LogP contribution in [0.5, 0.6) is 0 Å². The van der Waals surface area contributed by atoms with Crippen LogP contribution in [-0.4, -0.2) is 25.9 Å². The maximum absolute atomic E-state index is 11.5. The normalized spacial score (nSPS) is 13.1. The van der Waals surface area contributed by atoms with Crippen LogP contribution in [0.1, 0.15) is 33.6 Å². The maximum atomic E-state index is 11.5. The molecule has 0 aromatic heterocycles. The Kier molecular flexibility index (Phi) is 5.33. The van der Waals surface area contributed by atoms with E-state index < -0.39 is 5.41 Å². The van der Waals surface area contributed by atoms with Crippen molar-refractivity contribution in [3.8, 4) is 0 Å². The third-order valence-electron chi connectivity index (χ3n) is 2.51. The molecule has 1 atom stereocenters. The minimum atomic E-state index is -0.414. The summed E-state index contributed by atoms with van der Waals surface area (Å²) >= 11 is 0. The van der Waals surface area contributed by atoms with Crippen LogP contribution >= 0.6 is 0 Å². The van der Waals surface area contributed by atoms with E-state index in [1.165, 1.54) is 0 Å². The van der Waals surface area contributed by atoms with Gasteiger partial charge >= 0.3 is 0 Å². The van der Waals surface area contributed by atoms with Gasteiger partial charge < -0.3 is 10.6 Å². The molecule has 4 nitrogen and oxygen atoms in total. The second-order valence-electron chi connectivity index (χ2n) is 4.65. The van der Waals surface area contributed by atoms with Crippen LogP contribution in [0, 0.1) is 11.3 Å². The third kappa shape index (κ3) is 4.81. The maximum Gasteiger partial charge on any atom is 0.225 e. The minimum Gasteiger partial charge on any atom is -0.359 e. The first-order valence-electron chi connectivity index (χ1n) is 5.26. The Morgan fingerprint density at radius 3 is 2.13 bits per heavy atom. The largest absolute Gasteiger partial charge is 0.359 e. The third-order valence-corrected chi connectivity index (χ3v) is 2.51. The monoisotopic (exact) mass is 214 g/mol. The van der Waals surface area contributed by atoms with Gasteiger partial charge in [-0.2, -0.15) is 0 Å². The molecular formula is C11H22N2O2. The molecule has 15 heavy (non-hydrogen) atoms. The quantitative estimate of drug-likeness (QED) is 0.715. The van der Waals surface area contributed by atoms with Crippen LogP contribution in [-0.2, 0) is 9.59 Å². The number of carbonyl (C=O) groups is 2. The molecule has 0 heterocycles. The number of amides is 2. The van der Waals surface area contributed by atoms with Crippen molar-refractivity contribution in [2.45, 2.75) is 33.6 Å². The van der Waals surface area contributed by atoms with Crippen molar-refractivity contribution in [2.75, 3.05) is 14.1 Å². The lowest BCUT2D eigenvalue weighted by atomic mass is 9.81. The summed E-state index contributed by atoms with van der Waals surface area (Å²) in [5.74, 6) is 0.249. The van der Waals surface area contributed by atoms with Crippen molar-refractivity contribution >= 4 is 11.8 Å². The predicted octanol–water partition coefficient (Wildman–Crippen LogP) is 0.921. The lowest BCUT2D eigenvalue weighted by Crippen LogP contribution is -2.36. The first kappa shape index (κ1) is 13.9. The van der Waals surface area contributed by atoms with Crippen molar-refractivity contribution in [3.63, 3.8) is 0 Å². The van der Waals surface area contributed by atoms with E-state index in [0.717, 1.165) is 0 Å². The van der Waals surface area contributed by atoms with Crippen molar-refractivity contribution in [2.24, 2.45) is 11.3 Å². The van der Waals surface area contributed by atoms with Gasteiger partial charge in [-0.25, -0.2) is 0 Å². The molecule has 0 fully saturated rings. The first-order valence-corrected chi connectivity index (χ1v) is 5.26. The smallest absolute Gasteiger partial charge is 0.225 e. The summed E-state index contributed by atoms with van der Waals surface area (Å²) < 4.78 is 0. The Bertz CT molecular complexity index is 237.